The van der Waals surface area contributed by atoms with Gasteiger partial charge in [0, 0.05) is 36.0 Å². The summed E-state index contributed by atoms with van der Waals surface area (Å²) in [5.74, 6) is 0.376. The van der Waals surface area contributed by atoms with E-state index in [1.54, 1.807) is 24.3 Å². The van der Waals surface area contributed by atoms with Gasteiger partial charge < -0.3 is 20.7 Å². The minimum absolute atomic E-state index is 0.0813. The van der Waals surface area contributed by atoms with E-state index in [0.29, 0.717) is 35.8 Å². The Morgan fingerprint density at radius 1 is 0.871 bits per heavy atom. The van der Waals surface area contributed by atoms with E-state index in [4.69, 9.17) is 4.74 Å². The molecule has 0 atom stereocenters. The predicted molar refractivity (Wildman–Crippen MR) is 124 cm³/mol. The third-order valence-electron chi connectivity index (χ3n) is 4.54. The third kappa shape index (κ3) is 7.19. The maximum absolute atomic E-state index is 12.3. The molecule has 6 nitrogen and oxygen atoms in total. The lowest BCUT2D eigenvalue weighted by atomic mass is 10.2. The van der Waals surface area contributed by atoms with Crippen molar-refractivity contribution in [2.75, 3.05) is 30.3 Å². The van der Waals surface area contributed by atoms with Crippen molar-refractivity contribution in [1.82, 2.24) is 5.32 Å². The first kappa shape index (κ1) is 21.9. The summed E-state index contributed by atoms with van der Waals surface area (Å²) < 4.78 is 5.81. The number of carbonyl (C=O) groups excluding carboxylic acids is 2. The molecule has 0 radical (unpaired) electrons. The molecular weight excluding hydrogens is 390 g/mol. The molecule has 31 heavy (non-hydrogen) atoms. The summed E-state index contributed by atoms with van der Waals surface area (Å²) in [5, 5.41) is 8.66. The molecule has 0 unspecified atom stereocenters. The van der Waals surface area contributed by atoms with Gasteiger partial charge >= 0.3 is 0 Å². The standard InChI is InChI=1S/C25H27N3O3/c1-2-26-25(30)20-10-6-11-21(16-20)27-18-24(29)28-22-12-7-13-23(17-22)31-15-14-19-8-4-3-5-9-19/h3-13,16-17,27H,2,14-15,18H2,1H3,(H,26,30)(H,28,29). The van der Waals surface area contributed by atoms with Crippen LogP contribution in [-0.2, 0) is 11.2 Å². The van der Waals surface area contributed by atoms with Crippen molar-refractivity contribution in [3.8, 4) is 5.75 Å². The van der Waals surface area contributed by atoms with Crippen LogP contribution in [0, 0.1) is 0 Å². The van der Waals surface area contributed by atoms with Crippen molar-refractivity contribution in [2.45, 2.75) is 13.3 Å². The summed E-state index contributed by atoms with van der Waals surface area (Å²) >= 11 is 0. The SMILES string of the molecule is CCNC(=O)c1cccc(NCC(=O)Nc2cccc(OCCc3ccccc3)c2)c1. The monoisotopic (exact) mass is 417 g/mol. The van der Waals surface area contributed by atoms with Crippen molar-refractivity contribution in [3.63, 3.8) is 0 Å². The van der Waals surface area contributed by atoms with Gasteiger partial charge in [0.2, 0.25) is 5.91 Å². The van der Waals surface area contributed by atoms with Crippen LogP contribution in [0.3, 0.4) is 0 Å². The van der Waals surface area contributed by atoms with Gasteiger partial charge in [-0.1, -0.05) is 42.5 Å². The highest BCUT2D eigenvalue weighted by Crippen LogP contribution is 2.18. The minimum atomic E-state index is -0.190. The zero-order valence-corrected chi connectivity index (χ0v) is 17.6. The zero-order chi connectivity index (χ0) is 21.9. The first-order valence-electron chi connectivity index (χ1n) is 10.3. The van der Waals surface area contributed by atoms with Gasteiger partial charge in [-0.05, 0) is 42.8 Å². The largest absolute Gasteiger partial charge is 0.493 e. The molecule has 0 aliphatic carbocycles. The normalized spacial score (nSPS) is 10.2. The fourth-order valence-electron chi connectivity index (χ4n) is 3.02. The molecule has 0 aliphatic rings. The van der Waals surface area contributed by atoms with Crippen molar-refractivity contribution in [1.29, 1.82) is 0 Å². The second-order valence-corrected chi connectivity index (χ2v) is 6.95. The van der Waals surface area contributed by atoms with E-state index in [-0.39, 0.29) is 18.4 Å². The van der Waals surface area contributed by atoms with E-state index >= 15 is 0 Å². The molecule has 0 saturated carbocycles. The maximum atomic E-state index is 12.3. The van der Waals surface area contributed by atoms with Gasteiger partial charge in [0.05, 0.1) is 13.2 Å². The van der Waals surface area contributed by atoms with Gasteiger partial charge in [0.1, 0.15) is 5.75 Å². The lowest BCUT2D eigenvalue weighted by Gasteiger charge is -2.11. The summed E-state index contributed by atoms with van der Waals surface area (Å²) in [6.07, 6.45) is 0.816. The highest BCUT2D eigenvalue weighted by atomic mass is 16.5. The second kappa shape index (κ2) is 11.4. The number of hydrogen-bond acceptors (Lipinski definition) is 4. The molecule has 0 fully saturated rings. The molecule has 3 aromatic carbocycles. The molecule has 6 heteroatoms. The smallest absolute Gasteiger partial charge is 0.251 e. The molecule has 3 aromatic rings. The van der Waals surface area contributed by atoms with E-state index in [1.165, 1.54) is 5.56 Å². The Hall–Kier alpha value is -3.80. The van der Waals surface area contributed by atoms with Gasteiger partial charge in [-0.15, -0.1) is 0 Å². The maximum Gasteiger partial charge on any atom is 0.251 e. The Labute approximate surface area is 182 Å². The molecule has 160 valence electrons. The van der Waals surface area contributed by atoms with Crippen molar-refractivity contribution in [3.05, 3.63) is 90.0 Å². The van der Waals surface area contributed by atoms with Crippen LogP contribution < -0.4 is 20.7 Å². The number of rotatable bonds is 10. The Kier molecular flexibility index (Phi) is 8.05. The van der Waals surface area contributed by atoms with Crippen molar-refractivity contribution in [2.24, 2.45) is 0 Å². The second-order valence-electron chi connectivity index (χ2n) is 6.95. The molecule has 0 aliphatic heterocycles. The first-order valence-corrected chi connectivity index (χ1v) is 10.3. The van der Waals surface area contributed by atoms with Gasteiger partial charge in [0.25, 0.3) is 5.91 Å². The highest BCUT2D eigenvalue weighted by molar-refractivity contribution is 5.96. The van der Waals surface area contributed by atoms with Gasteiger partial charge in [-0.25, -0.2) is 0 Å². The van der Waals surface area contributed by atoms with Crippen LogP contribution in [0.2, 0.25) is 0 Å². The number of hydrogen-bond donors (Lipinski definition) is 3. The van der Waals surface area contributed by atoms with Crippen LogP contribution in [0.4, 0.5) is 11.4 Å². The summed E-state index contributed by atoms with van der Waals surface area (Å²) in [4.78, 5) is 24.3. The average Bonchev–Trinajstić information content (AvgIpc) is 2.79. The number of nitrogens with one attached hydrogen (secondary N) is 3. The minimum Gasteiger partial charge on any atom is -0.493 e. The summed E-state index contributed by atoms with van der Waals surface area (Å²) in [7, 11) is 0. The molecule has 3 N–H and O–H groups in total. The molecule has 3 rings (SSSR count). The van der Waals surface area contributed by atoms with Crippen LogP contribution >= 0.6 is 0 Å². The Morgan fingerprint density at radius 3 is 2.45 bits per heavy atom. The van der Waals surface area contributed by atoms with Crippen molar-refractivity contribution >= 4 is 23.2 Å². The molecule has 0 spiro atoms. The lowest BCUT2D eigenvalue weighted by Crippen LogP contribution is -2.23. The fraction of sp³-hybridized carbons (Fsp3) is 0.200. The third-order valence-corrected chi connectivity index (χ3v) is 4.54. The predicted octanol–water partition coefficient (Wildman–Crippen LogP) is 4.11. The summed E-state index contributed by atoms with van der Waals surface area (Å²) in [5.41, 5.74) is 3.14. The topological polar surface area (TPSA) is 79.5 Å². The molecule has 0 bridgehead atoms. The molecule has 0 heterocycles. The van der Waals surface area contributed by atoms with E-state index in [1.807, 2.05) is 49.4 Å². The number of benzene rings is 3. The van der Waals surface area contributed by atoms with Gasteiger partial charge in [-0.3, -0.25) is 9.59 Å². The molecule has 2 amide bonds. The van der Waals surface area contributed by atoms with Crippen LogP contribution in [0.25, 0.3) is 0 Å². The summed E-state index contributed by atoms with van der Waals surface area (Å²) in [6.45, 7) is 3.07. The number of anilines is 2. The Bertz CT molecular complexity index is 1010. The Morgan fingerprint density at radius 2 is 1.65 bits per heavy atom. The van der Waals surface area contributed by atoms with Gasteiger partial charge in [-0.2, -0.15) is 0 Å². The van der Waals surface area contributed by atoms with E-state index in [9.17, 15) is 9.59 Å². The van der Waals surface area contributed by atoms with E-state index in [0.717, 1.165) is 6.42 Å². The fourth-order valence-corrected chi connectivity index (χ4v) is 3.02. The Balaban J connectivity index is 1.48. The zero-order valence-electron chi connectivity index (χ0n) is 17.6. The lowest BCUT2D eigenvalue weighted by molar-refractivity contribution is -0.114. The quantitative estimate of drug-likeness (QED) is 0.464. The van der Waals surface area contributed by atoms with E-state index < -0.39 is 0 Å². The number of amides is 2. The van der Waals surface area contributed by atoms with Gasteiger partial charge in [0.15, 0.2) is 0 Å². The van der Waals surface area contributed by atoms with Crippen LogP contribution in [-0.4, -0.2) is 31.5 Å². The molecule has 0 aromatic heterocycles. The van der Waals surface area contributed by atoms with Crippen LogP contribution in [0.1, 0.15) is 22.8 Å². The highest BCUT2D eigenvalue weighted by Gasteiger charge is 2.07. The van der Waals surface area contributed by atoms with Crippen molar-refractivity contribution < 1.29 is 14.3 Å². The summed E-state index contributed by atoms with van der Waals surface area (Å²) in [6, 6.07) is 24.5. The number of ether oxygens (including phenoxy) is 1. The average molecular weight is 418 g/mol. The molecule has 0 saturated heterocycles. The van der Waals surface area contributed by atoms with E-state index in [2.05, 4.69) is 28.1 Å². The van der Waals surface area contributed by atoms with Crippen LogP contribution in [0.15, 0.2) is 78.9 Å². The molecular formula is C25H27N3O3. The van der Waals surface area contributed by atoms with Crippen LogP contribution in [0.5, 0.6) is 5.75 Å². The first-order chi connectivity index (χ1) is 15.1. The number of carbonyl (C=O) groups is 2.